The summed E-state index contributed by atoms with van der Waals surface area (Å²) >= 11 is 2.34. The predicted molar refractivity (Wildman–Crippen MR) is 161 cm³/mol. The van der Waals surface area contributed by atoms with Crippen LogP contribution in [0.5, 0.6) is 5.75 Å². The van der Waals surface area contributed by atoms with Crippen molar-refractivity contribution < 1.29 is 23.9 Å². The molecule has 4 unspecified atom stereocenters. The average Bonchev–Trinajstić information content (AvgIpc) is 3.50. The zero-order valence-corrected chi connectivity index (χ0v) is 24.2. The number of nitrogens with zero attached hydrogens (tertiary/aromatic N) is 1. The highest BCUT2D eigenvalue weighted by Crippen LogP contribution is 2.33. The smallest absolute Gasteiger partial charge is 0.235 e. The second-order valence-electron chi connectivity index (χ2n) is 9.90. The van der Waals surface area contributed by atoms with Crippen LogP contribution in [0.1, 0.15) is 24.8 Å². The number of aromatic nitrogens is 1. The summed E-state index contributed by atoms with van der Waals surface area (Å²) in [5.41, 5.74) is 17.6. The number of rotatable bonds is 14. The van der Waals surface area contributed by atoms with Crippen LogP contribution in [-0.2, 0) is 24.7 Å². The van der Waals surface area contributed by atoms with Gasteiger partial charge in [-0.25, -0.2) is 0 Å². The van der Waals surface area contributed by atoms with Gasteiger partial charge in [0, 0.05) is 41.8 Å². The van der Waals surface area contributed by atoms with E-state index in [1.165, 1.54) is 11.8 Å². The second-order valence-corrected chi connectivity index (χ2v) is 12.2. The number of primary amides is 1. The first kappa shape index (κ1) is 30.7. The fourth-order valence-corrected chi connectivity index (χ4v) is 6.39. The topological polar surface area (TPSA) is 180 Å². The van der Waals surface area contributed by atoms with E-state index in [1.54, 1.807) is 67.2 Å². The molecule has 2 aromatic carbocycles. The molecule has 41 heavy (non-hydrogen) atoms. The van der Waals surface area contributed by atoms with Gasteiger partial charge in [0.15, 0.2) is 11.6 Å². The van der Waals surface area contributed by atoms with Gasteiger partial charge in [-0.1, -0.05) is 42.5 Å². The number of pyridine rings is 1. The Morgan fingerprint density at radius 1 is 1.07 bits per heavy atom. The van der Waals surface area contributed by atoms with E-state index in [0.717, 1.165) is 22.5 Å². The second kappa shape index (κ2) is 13.1. The van der Waals surface area contributed by atoms with Crippen molar-refractivity contribution >= 4 is 57.6 Å². The van der Waals surface area contributed by atoms with E-state index in [2.05, 4.69) is 10.3 Å². The number of amides is 1. The van der Waals surface area contributed by atoms with Gasteiger partial charge >= 0.3 is 0 Å². The minimum Gasteiger partial charge on any atom is -0.485 e. The number of hydrogen-bond donors (Lipinski definition) is 4. The predicted octanol–water partition coefficient (Wildman–Crippen LogP) is 1.88. The van der Waals surface area contributed by atoms with Crippen LogP contribution in [0, 0.1) is 0 Å². The van der Waals surface area contributed by atoms with Gasteiger partial charge in [-0.2, -0.15) is 0 Å². The zero-order valence-electron chi connectivity index (χ0n) is 22.6. The van der Waals surface area contributed by atoms with Crippen LogP contribution < -0.4 is 27.3 Å². The lowest BCUT2D eigenvalue weighted by Crippen LogP contribution is -2.54. The number of ketones is 3. The number of carbonyl (C=O) groups excluding carboxylic acids is 4. The van der Waals surface area contributed by atoms with Gasteiger partial charge in [0.05, 0.1) is 6.04 Å². The maximum atomic E-state index is 13.9. The lowest BCUT2D eigenvalue weighted by atomic mass is 9.79. The molecular weight excluding hydrogens is 562 g/mol. The molecule has 0 bridgehead atoms. The Balaban J connectivity index is 1.48. The molecule has 12 heteroatoms. The summed E-state index contributed by atoms with van der Waals surface area (Å²) < 4.78 is 5.84. The molecule has 10 nitrogen and oxygen atoms in total. The van der Waals surface area contributed by atoms with Crippen molar-refractivity contribution in [3.63, 3.8) is 0 Å². The maximum absolute atomic E-state index is 13.9. The number of Topliss-reactive ketones (excluding diaryl/α,β-unsaturated/α-hetero) is 3. The molecule has 0 saturated carbocycles. The van der Waals surface area contributed by atoms with Crippen LogP contribution in [0.15, 0.2) is 67.0 Å². The van der Waals surface area contributed by atoms with E-state index >= 15 is 0 Å². The number of hydrogen-bond acceptors (Lipinski definition) is 11. The van der Waals surface area contributed by atoms with Crippen molar-refractivity contribution in [1.82, 2.24) is 10.3 Å². The molecule has 4 rings (SSSR count). The highest BCUT2D eigenvalue weighted by molar-refractivity contribution is 8.01. The van der Waals surface area contributed by atoms with Gasteiger partial charge in [0.2, 0.25) is 11.7 Å². The van der Waals surface area contributed by atoms with Gasteiger partial charge in [0.1, 0.15) is 28.1 Å². The summed E-state index contributed by atoms with van der Waals surface area (Å²) in [5, 5.41) is 3.96. The first-order valence-electron chi connectivity index (χ1n) is 13.0. The fourth-order valence-electron chi connectivity index (χ4n) is 4.62. The molecule has 3 aromatic rings. The highest BCUT2D eigenvalue weighted by atomic mass is 32.2. The molecule has 1 aromatic heterocycles. The van der Waals surface area contributed by atoms with E-state index in [0.29, 0.717) is 17.1 Å². The van der Waals surface area contributed by atoms with Crippen molar-refractivity contribution in [2.24, 2.45) is 17.2 Å². The number of carbonyl (C=O) groups is 4. The van der Waals surface area contributed by atoms with Gasteiger partial charge in [-0.3, -0.25) is 29.5 Å². The van der Waals surface area contributed by atoms with Crippen molar-refractivity contribution in [3.05, 3.63) is 72.6 Å². The molecule has 1 saturated heterocycles. The summed E-state index contributed by atoms with van der Waals surface area (Å²) in [4.78, 5) is 54.2. The van der Waals surface area contributed by atoms with Crippen LogP contribution in [-0.4, -0.2) is 63.1 Å². The Morgan fingerprint density at radius 3 is 2.51 bits per heavy atom. The maximum Gasteiger partial charge on any atom is 0.235 e. The van der Waals surface area contributed by atoms with Crippen LogP contribution >= 0.6 is 23.5 Å². The number of nitrogens with one attached hydrogen (secondary N) is 1. The van der Waals surface area contributed by atoms with E-state index in [4.69, 9.17) is 21.9 Å². The molecule has 2 heterocycles. The Bertz CT molecular complexity index is 1440. The van der Waals surface area contributed by atoms with Crippen LogP contribution in [0.2, 0.25) is 0 Å². The molecule has 0 aliphatic carbocycles. The molecule has 4 atom stereocenters. The Labute approximate surface area is 246 Å². The lowest BCUT2D eigenvalue weighted by molar-refractivity contribution is -0.130. The standard InChI is InChI=1S/C29H33N5O5S2/c1-40-29(32,25(37)16-39-23-9-5-6-18-15-33-13-11-20(18)23)14-24(36)28(31,19-7-3-2-4-8-19)12-10-22(35)27-34-21(17-41-27)26(30)38/h2-9,11,13,15,21,27,34H,10,12,14,16-17,31-32H2,1H3,(H2,30,38). The van der Waals surface area contributed by atoms with Crippen LogP contribution in [0.25, 0.3) is 10.8 Å². The van der Waals surface area contributed by atoms with Crippen molar-refractivity contribution in [2.45, 2.75) is 41.1 Å². The first-order chi connectivity index (χ1) is 19.6. The van der Waals surface area contributed by atoms with E-state index in [1.807, 2.05) is 6.07 Å². The van der Waals surface area contributed by atoms with Gasteiger partial charge < -0.3 is 21.9 Å². The average molecular weight is 596 g/mol. The summed E-state index contributed by atoms with van der Waals surface area (Å²) in [7, 11) is 0. The highest BCUT2D eigenvalue weighted by Gasteiger charge is 2.44. The number of benzene rings is 2. The van der Waals surface area contributed by atoms with E-state index in [9.17, 15) is 19.2 Å². The first-order valence-corrected chi connectivity index (χ1v) is 15.2. The summed E-state index contributed by atoms with van der Waals surface area (Å²) in [6.07, 6.45) is 4.58. The molecule has 1 amide bonds. The molecular formula is C29H33N5O5S2. The zero-order chi connectivity index (χ0) is 29.6. The minimum absolute atomic E-state index is 0.00610. The normalized spacial score (nSPS) is 19.7. The summed E-state index contributed by atoms with van der Waals surface area (Å²) in [6.45, 7) is -0.348. The number of ether oxygens (including phenoxy) is 1. The minimum atomic E-state index is -1.61. The Hall–Kier alpha value is -3.29. The van der Waals surface area contributed by atoms with Gasteiger partial charge in [-0.05, 0) is 30.4 Å². The van der Waals surface area contributed by atoms with Crippen molar-refractivity contribution in [2.75, 3.05) is 18.6 Å². The monoisotopic (exact) mass is 595 g/mol. The lowest BCUT2D eigenvalue weighted by Gasteiger charge is -2.33. The molecule has 1 fully saturated rings. The molecule has 0 spiro atoms. The molecule has 7 N–H and O–H groups in total. The third kappa shape index (κ3) is 6.96. The molecule has 1 aliphatic heterocycles. The summed E-state index contributed by atoms with van der Waals surface area (Å²) in [5.74, 6) is -0.778. The van der Waals surface area contributed by atoms with Crippen LogP contribution in [0.4, 0.5) is 0 Å². The molecule has 216 valence electrons. The van der Waals surface area contributed by atoms with Crippen LogP contribution in [0.3, 0.4) is 0 Å². The Kier molecular flexibility index (Phi) is 9.82. The SMILES string of the molecule is CSC(N)(CC(=O)C(N)(CCC(=O)C1NC(C(N)=O)CS1)c1ccccc1)C(=O)COc1cccc2cnccc12. The Morgan fingerprint density at radius 2 is 1.83 bits per heavy atom. The van der Waals surface area contributed by atoms with E-state index < -0.39 is 39.3 Å². The van der Waals surface area contributed by atoms with Gasteiger partial charge in [-0.15, -0.1) is 23.5 Å². The van der Waals surface area contributed by atoms with Crippen molar-refractivity contribution in [1.29, 1.82) is 0 Å². The number of thioether (sulfide) groups is 2. The quantitative estimate of drug-likeness (QED) is 0.200. The third-order valence-corrected chi connectivity index (χ3v) is 9.59. The summed E-state index contributed by atoms with van der Waals surface area (Å²) in [6, 6.07) is 15.4. The largest absolute Gasteiger partial charge is 0.485 e. The molecule has 0 radical (unpaired) electrons. The number of fused-ring (bicyclic) bond motifs is 1. The number of nitrogens with two attached hydrogens (primary N) is 3. The fraction of sp³-hybridized carbons (Fsp3) is 0.345. The van der Waals surface area contributed by atoms with Crippen molar-refractivity contribution in [3.8, 4) is 5.75 Å². The third-order valence-electron chi connectivity index (χ3n) is 7.23. The van der Waals surface area contributed by atoms with Gasteiger partial charge in [0.25, 0.3) is 0 Å². The molecule has 1 aliphatic rings. The van der Waals surface area contributed by atoms with E-state index in [-0.39, 0.29) is 31.7 Å².